The lowest BCUT2D eigenvalue weighted by Gasteiger charge is -2.10. The van der Waals surface area contributed by atoms with Crippen molar-refractivity contribution in [3.05, 3.63) is 22.7 Å². The highest BCUT2D eigenvalue weighted by Crippen LogP contribution is 2.33. The molecule has 0 aliphatic carbocycles. The van der Waals surface area contributed by atoms with Crippen molar-refractivity contribution >= 4 is 33.4 Å². The van der Waals surface area contributed by atoms with Gasteiger partial charge in [0.05, 0.1) is 12.3 Å². The third-order valence-electron chi connectivity index (χ3n) is 1.60. The van der Waals surface area contributed by atoms with Crippen molar-refractivity contribution in [3.63, 3.8) is 0 Å². The Labute approximate surface area is 90.7 Å². The van der Waals surface area contributed by atoms with Crippen LogP contribution in [0.1, 0.15) is 6.92 Å². The van der Waals surface area contributed by atoms with Crippen molar-refractivity contribution < 1.29 is 5.11 Å². The van der Waals surface area contributed by atoms with Crippen molar-refractivity contribution in [2.45, 2.75) is 17.1 Å². The Morgan fingerprint density at radius 1 is 1.62 bits per heavy atom. The molecule has 0 saturated carbocycles. The molecule has 1 aromatic rings. The lowest BCUT2D eigenvalue weighted by Crippen LogP contribution is -2.02. The van der Waals surface area contributed by atoms with E-state index in [1.54, 1.807) is 11.8 Å². The number of halogens is 1. The van der Waals surface area contributed by atoms with Crippen molar-refractivity contribution in [1.82, 2.24) is 0 Å². The zero-order valence-electron chi connectivity index (χ0n) is 7.33. The van der Waals surface area contributed by atoms with Crippen LogP contribution in [-0.4, -0.2) is 17.0 Å². The largest absolute Gasteiger partial charge is 0.397 e. The number of thioether (sulfide) groups is 1. The van der Waals surface area contributed by atoms with Crippen LogP contribution in [0.25, 0.3) is 0 Å². The molecule has 1 atom stereocenters. The maximum absolute atomic E-state index is 8.88. The van der Waals surface area contributed by atoms with Gasteiger partial charge < -0.3 is 10.8 Å². The molecule has 1 aromatic carbocycles. The number of rotatable bonds is 3. The topological polar surface area (TPSA) is 46.2 Å². The van der Waals surface area contributed by atoms with E-state index in [0.717, 1.165) is 15.1 Å². The van der Waals surface area contributed by atoms with Gasteiger partial charge in [0.2, 0.25) is 0 Å². The SMILES string of the molecule is CC(CO)Sc1cccc(Br)c1N. The third kappa shape index (κ3) is 2.90. The number of hydrogen-bond acceptors (Lipinski definition) is 3. The first kappa shape index (κ1) is 10.9. The summed E-state index contributed by atoms with van der Waals surface area (Å²) >= 11 is 4.94. The molecule has 0 heterocycles. The molecule has 72 valence electrons. The molecule has 0 aliphatic rings. The highest BCUT2D eigenvalue weighted by atomic mass is 79.9. The molecule has 0 saturated heterocycles. The zero-order valence-corrected chi connectivity index (χ0v) is 9.73. The Balaban J connectivity index is 2.83. The molecule has 0 radical (unpaired) electrons. The van der Waals surface area contributed by atoms with E-state index in [9.17, 15) is 0 Å². The van der Waals surface area contributed by atoms with Crippen LogP contribution in [0.4, 0.5) is 5.69 Å². The number of anilines is 1. The second-order valence-corrected chi connectivity index (χ2v) is 5.10. The van der Waals surface area contributed by atoms with Crippen LogP contribution in [0.5, 0.6) is 0 Å². The van der Waals surface area contributed by atoms with Gasteiger partial charge in [-0.15, -0.1) is 11.8 Å². The smallest absolute Gasteiger partial charge is 0.0596 e. The number of hydrogen-bond donors (Lipinski definition) is 2. The summed E-state index contributed by atoms with van der Waals surface area (Å²) in [5.74, 6) is 0. The average Bonchev–Trinajstić information content (AvgIpc) is 2.13. The number of aliphatic hydroxyl groups excluding tert-OH is 1. The monoisotopic (exact) mass is 261 g/mol. The van der Waals surface area contributed by atoms with Gasteiger partial charge >= 0.3 is 0 Å². The molecule has 0 amide bonds. The van der Waals surface area contributed by atoms with E-state index in [2.05, 4.69) is 15.9 Å². The Kier molecular flexibility index (Phi) is 4.09. The number of nitrogen functional groups attached to an aromatic ring is 1. The third-order valence-corrected chi connectivity index (χ3v) is 3.45. The molecule has 1 rings (SSSR count). The fourth-order valence-corrected chi connectivity index (χ4v) is 2.27. The van der Waals surface area contributed by atoms with Crippen LogP contribution in [-0.2, 0) is 0 Å². The molecule has 1 unspecified atom stereocenters. The van der Waals surface area contributed by atoms with Gasteiger partial charge in [-0.1, -0.05) is 13.0 Å². The van der Waals surface area contributed by atoms with E-state index in [1.807, 2.05) is 25.1 Å². The van der Waals surface area contributed by atoms with Gasteiger partial charge in [-0.25, -0.2) is 0 Å². The molecule has 4 heteroatoms. The van der Waals surface area contributed by atoms with Gasteiger partial charge in [0, 0.05) is 14.6 Å². The number of benzene rings is 1. The lowest BCUT2D eigenvalue weighted by atomic mass is 10.3. The average molecular weight is 262 g/mol. The quantitative estimate of drug-likeness (QED) is 0.650. The minimum absolute atomic E-state index is 0.163. The highest BCUT2D eigenvalue weighted by Gasteiger charge is 2.07. The van der Waals surface area contributed by atoms with E-state index in [-0.39, 0.29) is 11.9 Å². The summed E-state index contributed by atoms with van der Waals surface area (Å²) in [5, 5.41) is 9.06. The van der Waals surface area contributed by atoms with E-state index < -0.39 is 0 Å². The maximum Gasteiger partial charge on any atom is 0.0596 e. The van der Waals surface area contributed by atoms with E-state index in [4.69, 9.17) is 10.8 Å². The fourth-order valence-electron chi connectivity index (χ4n) is 0.874. The molecule has 3 N–H and O–H groups in total. The molecule has 0 bridgehead atoms. The van der Waals surface area contributed by atoms with E-state index in [1.165, 1.54) is 0 Å². The van der Waals surface area contributed by atoms with Crippen molar-refractivity contribution in [1.29, 1.82) is 0 Å². The second kappa shape index (κ2) is 4.88. The molecular weight excluding hydrogens is 250 g/mol. The molecule has 0 aliphatic heterocycles. The van der Waals surface area contributed by atoms with Crippen molar-refractivity contribution in [2.24, 2.45) is 0 Å². The summed E-state index contributed by atoms with van der Waals surface area (Å²) in [6.45, 7) is 2.13. The molecular formula is C9H12BrNOS. The predicted molar refractivity (Wildman–Crippen MR) is 61.0 cm³/mol. The highest BCUT2D eigenvalue weighted by molar-refractivity contribution is 9.10. The van der Waals surface area contributed by atoms with E-state index in [0.29, 0.717) is 0 Å². The maximum atomic E-state index is 8.88. The number of nitrogens with two attached hydrogens (primary N) is 1. The van der Waals surface area contributed by atoms with Crippen LogP contribution in [0, 0.1) is 0 Å². The van der Waals surface area contributed by atoms with Gasteiger partial charge in [0.25, 0.3) is 0 Å². The summed E-state index contributed by atoms with van der Waals surface area (Å²) < 4.78 is 0.905. The normalized spacial score (nSPS) is 12.8. The number of aliphatic hydroxyl groups is 1. The Hall–Kier alpha value is -0.190. The summed E-state index contributed by atoms with van der Waals surface area (Å²) in [4.78, 5) is 1.01. The molecule has 0 fully saturated rings. The van der Waals surface area contributed by atoms with Crippen LogP contribution in [0.3, 0.4) is 0 Å². The van der Waals surface area contributed by atoms with E-state index >= 15 is 0 Å². The predicted octanol–water partition coefficient (Wildman–Crippen LogP) is 2.50. The van der Waals surface area contributed by atoms with Crippen LogP contribution in [0.15, 0.2) is 27.6 Å². The summed E-state index contributed by atoms with van der Waals surface area (Å²) in [6.07, 6.45) is 0. The van der Waals surface area contributed by atoms with Gasteiger partial charge in [0.15, 0.2) is 0 Å². The summed E-state index contributed by atoms with van der Waals surface area (Å²) in [5.41, 5.74) is 6.58. The second-order valence-electron chi connectivity index (χ2n) is 2.76. The minimum Gasteiger partial charge on any atom is -0.397 e. The van der Waals surface area contributed by atoms with Crippen LogP contribution < -0.4 is 5.73 Å². The van der Waals surface area contributed by atoms with Gasteiger partial charge in [-0.3, -0.25) is 0 Å². The summed E-state index contributed by atoms with van der Waals surface area (Å²) in [7, 11) is 0. The van der Waals surface area contributed by atoms with Gasteiger partial charge in [0.1, 0.15) is 0 Å². The standard InChI is InChI=1S/C9H12BrNOS/c1-6(5-12)13-8-4-2-3-7(10)9(8)11/h2-4,6,12H,5,11H2,1H3. The Morgan fingerprint density at radius 3 is 2.92 bits per heavy atom. The Morgan fingerprint density at radius 2 is 2.31 bits per heavy atom. The van der Waals surface area contributed by atoms with Crippen molar-refractivity contribution in [2.75, 3.05) is 12.3 Å². The number of para-hydroxylation sites is 1. The van der Waals surface area contributed by atoms with Crippen LogP contribution in [0.2, 0.25) is 0 Å². The zero-order chi connectivity index (χ0) is 9.84. The summed E-state index contributed by atoms with van der Waals surface area (Å²) in [6, 6.07) is 5.80. The lowest BCUT2D eigenvalue weighted by molar-refractivity contribution is 0.300. The molecule has 0 aromatic heterocycles. The Bertz CT molecular complexity index is 293. The van der Waals surface area contributed by atoms with Gasteiger partial charge in [-0.05, 0) is 28.1 Å². The first-order chi connectivity index (χ1) is 6.15. The fraction of sp³-hybridized carbons (Fsp3) is 0.333. The molecule has 2 nitrogen and oxygen atoms in total. The molecule has 0 spiro atoms. The van der Waals surface area contributed by atoms with Crippen molar-refractivity contribution in [3.8, 4) is 0 Å². The van der Waals surface area contributed by atoms with Crippen LogP contribution >= 0.6 is 27.7 Å². The van der Waals surface area contributed by atoms with Gasteiger partial charge in [-0.2, -0.15) is 0 Å². The first-order valence-corrected chi connectivity index (χ1v) is 5.64. The minimum atomic E-state index is 0.163. The molecule has 13 heavy (non-hydrogen) atoms. The first-order valence-electron chi connectivity index (χ1n) is 3.96.